The molecule has 0 aliphatic carbocycles. The molecule has 0 aromatic heterocycles. The van der Waals surface area contributed by atoms with E-state index in [2.05, 4.69) is 0 Å². The van der Waals surface area contributed by atoms with Crippen molar-refractivity contribution >= 4 is 29.2 Å². The summed E-state index contributed by atoms with van der Waals surface area (Å²) in [6.07, 6.45) is -3.44. The molecule has 2 saturated heterocycles. The first kappa shape index (κ1) is 15.1. The fraction of sp³-hybridized carbons (Fsp3) is 0.429. The van der Waals surface area contributed by atoms with Crippen LogP contribution < -0.4 is 4.90 Å². The van der Waals surface area contributed by atoms with Crippen LogP contribution in [-0.4, -0.2) is 28.9 Å². The van der Waals surface area contributed by atoms with E-state index in [0.29, 0.717) is 19.4 Å². The Labute approximate surface area is 129 Å². The number of amides is 3. The molecular formula is C14H12ClF3N2O2. The SMILES string of the molecule is C[C@@]12CCCN1C(=O)N(c1ccc(Cl)c(C(F)(F)F)c1)C2=O. The molecule has 3 amide bonds. The smallest absolute Gasteiger partial charge is 0.309 e. The number of anilines is 1. The van der Waals surface area contributed by atoms with Crippen molar-refractivity contribution in [3.8, 4) is 0 Å². The van der Waals surface area contributed by atoms with Gasteiger partial charge in [0.2, 0.25) is 0 Å². The van der Waals surface area contributed by atoms with Crippen molar-refractivity contribution < 1.29 is 22.8 Å². The summed E-state index contributed by atoms with van der Waals surface area (Å²) < 4.78 is 38.8. The van der Waals surface area contributed by atoms with Gasteiger partial charge in [-0.2, -0.15) is 13.2 Å². The summed E-state index contributed by atoms with van der Waals surface area (Å²) in [5.41, 5.74) is -2.14. The third-order valence-corrected chi connectivity index (χ3v) is 4.57. The minimum atomic E-state index is -4.65. The number of imide groups is 1. The molecule has 118 valence electrons. The highest BCUT2D eigenvalue weighted by atomic mass is 35.5. The summed E-state index contributed by atoms with van der Waals surface area (Å²) in [7, 11) is 0. The van der Waals surface area contributed by atoms with E-state index in [0.717, 1.165) is 17.0 Å². The van der Waals surface area contributed by atoms with Crippen LogP contribution in [0.5, 0.6) is 0 Å². The minimum Gasteiger partial charge on any atom is -0.309 e. The van der Waals surface area contributed by atoms with Crippen LogP contribution in [0.3, 0.4) is 0 Å². The van der Waals surface area contributed by atoms with Crippen molar-refractivity contribution in [2.24, 2.45) is 0 Å². The molecule has 0 saturated carbocycles. The summed E-state index contributed by atoms with van der Waals surface area (Å²) in [6.45, 7) is 2.07. The van der Waals surface area contributed by atoms with Crippen LogP contribution in [0.1, 0.15) is 25.3 Å². The summed E-state index contributed by atoms with van der Waals surface area (Å²) >= 11 is 5.56. The lowest BCUT2D eigenvalue weighted by atomic mass is 9.99. The van der Waals surface area contributed by atoms with E-state index in [4.69, 9.17) is 11.6 Å². The Balaban J connectivity index is 2.06. The van der Waals surface area contributed by atoms with Crippen molar-refractivity contribution in [2.45, 2.75) is 31.5 Å². The Kier molecular flexibility index (Phi) is 3.18. The zero-order chi connectivity index (χ0) is 16.3. The normalized spacial score (nSPS) is 25.1. The Bertz CT molecular complexity index is 677. The monoisotopic (exact) mass is 332 g/mol. The number of urea groups is 1. The van der Waals surface area contributed by atoms with Crippen LogP contribution >= 0.6 is 11.6 Å². The van der Waals surface area contributed by atoms with Crippen molar-refractivity contribution in [3.05, 3.63) is 28.8 Å². The van der Waals surface area contributed by atoms with Gasteiger partial charge in [-0.05, 0) is 38.0 Å². The zero-order valence-electron chi connectivity index (χ0n) is 11.6. The van der Waals surface area contributed by atoms with Gasteiger partial charge in [-0.25, -0.2) is 9.69 Å². The summed E-state index contributed by atoms with van der Waals surface area (Å²) in [5, 5.41) is -0.470. The van der Waals surface area contributed by atoms with E-state index in [-0.39, 0.29) is 5.69 Å². The maximum absolute atomic E-state index is 12.9. The second-order valence-corrected chi connectivity index (χ2v) is 6.02. The quantitative estimate of drug-likeness (QED) is 0.736. The van der Waals surface area contributed by atoms with Crippen LogP contribution in [0.4, 0.5) is 23.7 Å². The molecule has 2 aliphatic heterocycles. The molecular weight excluding hydrogens is 321 g/mol. The number of fused-ring (bicyclic) bond motifs is 1. The molecule has 1 aromatic rings. The average molecular weight is 333 g/mol. The summed E-state index contributed by atoms with van der Waals surface area (Å²) in [4.78, 5) is 27.1. The number of nitrogens with zero attached hydrogens (tertiary/aromatic N) is 2. The first-order chi connectivity index (χ1) is 10.2. The second-order valence-electron chi connectivity index (χ2n) is 5.61. The lowest BCUT2D eigenvalue weighted by Gasteiger charge is -2.22. The first-order valence-corrected chi connectivity index (χ1v) is 7.07. The molecule has 22 heavy (non-hydrogen) atoms. The van der Waals surface area contributed by atoms with Gasteiger partial charge in [-0.3, -0.25) is 4.79 Å². The van der Waals surface area contributed by atoms with E-state index in [1.54, 1.807) is 6.92 Å². The predicted molar refractivity (Wildman–Crippen MR) is 73.7 cm³/mol. The Hall–Kier alpha value is -1.76. The van der Waals surface area contributed by atoms with Crippen molar-refractivity contribution in [1.29, 1.82) is 0 Å². The third kappa shape index (κ3) is 1.99. The van der Waals surface area contributed by atoms with Crippen LogP contribution in [0.25, 0.3) is 0 Å². The van der Waals surface area contributed by atoms with Gasteiger partial charge in [0, 0.05) is 6.54 Å². The molecule has 0 N–H and O–H groups in total. The van der Waals surface area contributed by atoms with Gasteiger partial charge >= 0.3 is 12.2 Å². The van der Waals surface area contributed by atoms with Gasteiger partial charge in [-0.1, -0.05) is 11.6 Å². The van der Waals surface area contributed by atoms with Gasteiger partial charge in [0.1, 0.15) is 5.54 Å². The van der Waals surface area contributed by atoms with Crippen molar-refractivity contribution in [3.63, 3.8) is 0 Å². The van der Waals surface area contributed by atoms with Gasteiger partial charge in [-0.15, -0.1) is 0 Å². The third-order valence-electron chi connectivity index (χ3n) is 4.24. The van der Waals surface area contributed by atoms with Crippen LogP contribution in [0.15, 0.2) is 18.2 Å². The molecule has 0 radical (unpaired) electrons. The van der Waals surface area contributed by atoms with E-state index in [1.807, 2.05) is 0 Å². The largest absolute Gasteiger partial charge is 0.417 e. The number of alkyl halides is 3. The highest BCUT2D eigenvalue weighted by Gasteiger charge is 2.57. The number of hydrogen-bond acceptors (Lipinski definition) is 2. The molecule has 2 aliphatic rings. The molecule has 3 rings (SSSR count). The number of benzene rings is 1. The van der Waals surface area contributed by atoms with E-state index in [9.17, 15) is 22.8 Å². The lowest BCUT2D eigenvalue weighted by molar-refractivity contribution is -0.137. The number of carbonyl (C=O) groups excluding carboxylic acids is 2. The Morgan fingerprint density at radius 3 is 2.55 bits per heavy atom. The highest BCUT2D eigenvalue weighted by Crippen LogP contribution is 2.42. The lowest BCUT2D eigenvalue weighted by Crippen LogP contribution is -2.41. The second kappa shape index (κ2) is 4.62. The van der Waals surface area contributed by atoms with Gasteiger partial charge in [0.15, 0.2) is 0 Å². The molecule has 4 nitrogen and oxygen atoms in total. The van der Waals surface area contributed by atoms with Crippen molar-refractivity contribution in [1.82, 2.24) is 4.90 Å². The Morgan fingerprint density at radius 2 is 1.95 bits per heavy atom. The molecule has 1 atom stereocenters. The zero-order valence-corrected chi connectivity index (χ0v) is 12.3. The topological polar surface area (TPSA) is 40.6 Å². The van der Waals surface area contributed by atoms with Gasteiger partial charge < -0.3 is 4.90 Å². The molecule has 2 fully saturated rings. The van der Waals surface area contributed by atoms with E-state index in [1.165, 1.54) is 11.0 Å². The fourth-order valence-corrected chi connectivity index (χ4v) is 3.26. The average Bonchev–Trinajstić information content (AvgIpc) is 2.89. The first-order valence-electron chi connectivity index (χ1n) is 6.69. The number of carbonyl (C=O) groups is 2. The number of rotatable bonds is 1. The van der Waals surface area contributed by atoms with Crippen LogP contribution in [0.2, 0.25) is 5.02 Å². The van der Waals surface area contributed by atoms with E-state index >= 15 is 0 Å². The van der Waals surface area contributed by atoms with E-state index < -0.39 is 34.2 Å². The molecule has 0 spiro atoms. The molecule has 0 unspecified atom stereocenters. The molecule has 8 heteroatoms. The van der Waals surface area contributed by atoms with Gasteiger partial charge in [0.25, 0.3) is 5.91 Å². The maximum atomic E-state index is 12.9. The highest BCUT2D eigenvalue weighted by molar-refractivity contribution is 6.31. The standard InChI is InChI=1S/C14H12ClF3N2O2/c1-13-5-2-6-19(13)12(22)20(11(13)21)8-3-4-10(15)9(7-8)14(16,17)18/h3-4,7H,2,5-6H2,1H3/t13-/m0/s1. The van der Waals surface area contributed by atoms with Crippen LogP contribution in [0, 0.1) is 0 Å². The van der Waals surface area contributed by atoms with Gasteiger partial charge in [0.05, 0.1) is 16.3 Å². The maximum Gasteiger partial charge on any atom is 0.417 e. The minimum absolute atomic E-state index is 0.109. The summed E-state index contributed by atoms with van der Waals surface area (Å²) in [6, 6.07) is 2.45. The number of halogens is 4. The number of hydrogen-bond donors (Lipinski definition) is 0. The molecule has 2 heterocycles. The summed E-state index contributed by atoms with van der Waals surface area (Å²) in [5.74, 6) is -0.495. The Morgan fingerprint density at radius 1 is 1.27 bits per heavy atom. The predicted octanol–water partition coefficient (Wildman–Crippen LogP) is 3.68. The van der Waals surface area contributed by atoms with Crippen LogP contribution in [-0.2, 0) is 11.0 Å². The fourth-order valence-electron chi connectivity index (χ4n) is 3.04. The molecule has 0 bridgehead atoms. The molecule has 1 aromatic carbocycles. The van der Waals surface area contributed by atoms with Crippen molar-refractivity contribution in [2.75, 3.05) is 11.4 Å².